The van der Waals surface area contributed by atoms with Gasteiger partial charge in [0.1, 0.15) is 12.4 Å². The van der Waals surface area contributed by atoms with Gasteiger partial charge in [-0.15, -0.1) is 0 Å². The molecule has 0 amide bonds. The Morgan fingerprint density at radius 1 is 1.05 bits per heavy atom. The highest BCUT2D eigenvalue weighted by molar-refractivity contribution is 5.98. The lowest BCUT2D eigenvalue weighted by atomic mass is 10.1. The van der Waals surface area contributed by atoms with E-state index in [-0.39, 0.29) is 0 Å². The van der Waals surface area contributed by atoms with Crippen molar-refractivity contribution in [3.05, 3.63) is 64.7 Å². The van der Waals surface area contributed by atoms with Crippen molar-refractivity contribution in [3.8, 4) is 5.75 Å². The topological polar surface area (TPSA) is 41.8 Å². The molecule has 0 spiro atoms. The van der Waals surface area contributed by atoms with Crippen LogP contribution in [-0.2, 0) is 6.61 Å². The Hall–Kier alpha value is -2.29. The van der Waals surface area contributed by atoms with E-state index in [1.165, 1.54) is 11.1 Å². The predicted molar refractivity (Wildman–Crippen MR) is 80.7 cm³/mol. The number of nitrogens with zero attached hydrogens (tertiary/aromatic N) is 1. The number of hydrogen-bond donors (Lipinski definition) is 1. The minimum atomic E-state index is 0.549. The fraction of sp³-hybridized carbons (Fsp3) is 0.235. The number of rotatable bonds is 4. The molecule has 104 valence electrons. The molecule has 0 atom stereocenters. The van der Waals surface area contributed by atoms with E-state index >= 15 is 0 Å². The van der Waals surface area contributed by atoms with Gasteiger partial charge in [-0.25, -0.2) is 0 Å². The van der Waals surface area contributed by atoms with Crippen molar-refractivity contribution in [1.82, 2.24) is 0 Å². The van der Waals surface area contributed by atoms with E-state index in [2.05, 4.69) is 37.2 Å². The molecular formula is C17H19NO2. The maximum absolute atomic E-state index is 8.71. The van der Waals surface area contributed by atoms with Gasteiger partial charge < -0.3 is 9.94 Å². The lowest BCUT2D eigenvalue weighted by molar-refractivity contribution is 0.306. The highest BCUT2D eigenvalue weighted by Gasteiger charge is 2.01. The first-order valence-electron chi connectivity index (χ1n) is 6.58. The highest BCUT2D eigenvalue weighted by atomic mass is 16.5. The molecular weight excluding hydrogens is 250 g/mol. The van der Waals surface area contributed by atoms with Gasteiger partial charge in [0.25, 0.3) is 0 Å². The quantitative estimate of drug-likeness (QED) is 0.516. The Kier molecular flexibility index (Phi) is 4.41. The Morgan fingerprint density at radius 3 is 2.35 bits per heavy atom. The zero-order valence-corrected chi connectivity index (χ0v) is 12.1. The summed E-state index contributed by atoms with van der Waals surface area (Å²) >= 11 is 0. The average Bonchev–Trinajstić information content (AvgIpc) is 2.48. The third-order valence-corrected chi connectivity index (χ3v) is 3.40. The van der Waals surface area contributed by atoms with E-state index in [0.29, 0.717) is 12.3 Å². The van der Waals surface area contributed by atoms with Gasteiger partial charge in [-0.3, -0.25) is 0 Å². The Labute approximate surface area is 119 Å². The fourth-order valence-electron chi connectivity index (χ4n) is 1.91. The van der Waals surface area contributed by atoms with Crippen LogP contribution in [0.4, 0.5) is 0 Å². The second-order valence-electron chi connectivity index (χ2n) is 4.92. The van der Waals surface area contributed by atoms with E-state index < -0.39 is 0 Å². The monoisotopic (exact) mass is 269 g/mol. The van der Waals surface area contributed by atoms with Crippen molar-refractivity contribution in [2.24, 2.45) is 5.16 Å². The van der Waals surface area contributed by atoms with Crippen molar-refractivity contribution in [2.45, 2.75) is 27.4 Å². The van der Waals surface area contributed by atoms with Crippen molar-refractivity contribution >= 4 is 5.71 Å². The second-order valence-corrected chi connectivity index (χ2v) is 4.92. The molecule has 2 rings (SSSR count). The van der Waals surface area contributed by atoms with E-state index in [0.717, 1.165) is 16.9 Å². The van der Waals surface area contributed by atoms with Crippen LogP contribution in [0.5, 0.6) is 5.75 Å². The van der Waals surface area contributed by atoms with Gasteiger partial charge in [-0.05, 0) is 67.3 Å². The number of oxime groups is 1. The number of ether oxygens (including phenoxy) is 1. The smallest absolute Gasteiger partial charge is 0.119 e. The zero-order valence-electron chi connectivity index (χ0n) is 12.1. The molecule has 0 heterocycles. The van der Waals surface area contributed by atoms with Gasteiger partial charge in [0.05, 0.1) is 5.71 Å². The van der Waals surface area contributed by atoms with Gasteiger partial charge in [-0.1, -0.05) is 23.4 Å². The third kappa shape index (κ3) is 3.38. The van der Waals surface area contributed by atoms with Crippen LogP contribution in [0.25, 0.3) is 0 Å². The van der Waals surface area contributed by atoms with E-state index in [1.807, 2.05) is 24.3 Å². The first kappa shape index (κ1) is 14.1. The van der Waals surface area contributed by atoms with Gasteiger partial charge in [-0.2, -0.15) is 0 Å². The van der Waals surface area contributed by atoms with Crippen LogP contribution in [0.2, 0.25) is 0 Å². The zero-order chi connectivity index (χ0) is 14.5. The molecule has 2 aromatic carbocycles. The Morgan fingerprint density at radius 2 is 1.75 bits per heavy atom. The lowest BCUT2D eigenvalue weighted by Crippen LogP contribution is -1.98. The molecule has 1 N–H and O–H groups in total. The van der Waals surface area contributed by atoms with Crippen molar-refractivity contribution < 1.29 is 9.94 Å². The summed E-state index contributed by atoms with van der Waals surface area (Å²) < 4.78 is 5.75. The Balaban J connectivity index is 2.02. The molecule has 2 aromatic rings. The van der Waals surface area contributed by atoms with Crippen LogP contribution >= 0.6 is 0 Å². The number of aryl methyl sites for hydroxylation is 2. The van der Waals surface area contributed by atoms with Crippen LogP contribution in [-0.4, -0.2) is 10.9 Å². The highest BCUT2D eigenvalue weighted by Crippen LogP contribution is 2.16. The summed E-state index contributed by atoms with van der Waals surface area (Å²) in [6.45, 7) is 6.51. The summed E-state index contributed by atoms with van der Waals surface area (Å²) in [7, 11) is 0. The molecule has 0 unspecified atom stereocenters. The van der Waals surface area contributed by atoms with E-state index in [9.17, 15) is 0 Å². The summed E-state index contributed by atoms with van der Waals surface area (Å²) in [5.74, 6) is 0.803. The molecule has 0 fully saturated rings. The van der Waals surface area contributed by atoms with Crippen LogP contribution in [0.1, 0.15) is 29.2 Å². The van der Waals surface area contributed by atoms with Crippen LogP contribution in [0.15, 0.2) is 47.6 Å². The SMILES string of the molecule is CC(=NO)c1ccc(OCc2ccc(C)c(C)c2)cc1. The summed E-state index contributed by atoms with van der Waals surface area (Å²) in [6, 6.07) is 13.9. The van der Waals surface area contributed by atoms with Gasteiger partial charge in [0.15, 0.2) is 0 Å². The van der Waals surface area contributed by atoms with Crippen LogP contribution in [0.3, 0.4) is 0 Å². The largest absolute Gasteiger partial charge is 0.489 e. The molecule has 0 aliphatic heterocycles. The van der Waals surface area contributed by atoms with Crippen molar-refractivity contribution in [3.63, 3.8) is 0 Å². The molecule has 0 saturated heterocycles. The molecule has 0 bridgehead atoms. The van der Waals surface area contributed by atoms with Gasteiger partial charge >= 0.3 is 0 Å². The van der Waals surface area contributed by atoms with Crippen LogP contribution in [0, 0.1) is 13.8 Å². The maximum atomic E-state index is 8.71. The van der Waals surface area contributed by atoms with Crippen molar-refractivity contribution in [2.75, 3.05) is 0 Å². The van der Waals surface area contributed by atoms with Crippen molar-refractivity contribution in [1.29, 1.82) is 0 Å². The number of hydrogen-bond acceptors (Lipinski definition) is 3. The van der Waals surface area contributed by atoms with Crippen LogP contribution < -0.4 is 4.74 Å². The normalized spacial score (nSPS) is 11.4. The standard InChI is InChI=1S/C17H19NO2/c1-12-4-5-15(10-13(12)2)11-20-17-8-6-16(7-9-17)14(3)18-19/h4-10,19H,11H2,1-3H3. The first-order chi connectivity index (χ1) is 9.60. The van der Waals surface area contributed by atoms with Gasteiger partial charge in [0, 0.05) is 0 Å². The summed E-state index contributed by atoms with van der Waals surface area (Å²) in [5.41, 5.74) is 5.19. The summed E-state index contributed by atoms with van der Waals surface area (Å²) in [5, 5.41) is 11.9. The van der Waals surface area contributed by atoms with E-state index in [4.69, 9.17) is 9.94 Å². The number of benzene rings is 2. The molecule has 0 saturated carbocycles. The molecule has 3 heteroatoms. The minimum absolute atomic E-state index is 0.549. The fourth-order valence-corrected chi connectivity index (χ4v) is 1.91. The predicted octanol–water partition coefficient (Wildman–Crippen LogP) is 4.08. The first-order valence-corrected chi connectivity index (χ1v) is 6.58. The molecule has 0 aliphatic carbocycles. The summed E-state index contributed by atoms with van der Waals surface area (Å²) in [6.07, 6.45) is 0. The maximum Gasteiger partial charge on any atom is 0.119 e. The van der Waals surface area contributed by atoms with E-state index in [1.54, 1.807) is 6.92 Å². The molecule has 3 nitrogen and oxygen atoms in total. The van der Waals surface area contributed by atoms with Gasteiger partial charge in [0.2, 0.25) is 0 Å². The Bertz CT molecular complexity index is 615. The average molecular weight is 269 g/mol. The summed E-state index contributed by atoms with van der Waals surface area (Å²) in [4.78, 5) is 0. The second kappa shape index (κ2) is 6.24. The lowest BCUT2D eigenvalue weighted by Gasteiger charge is -2.09. The molecule has 0 aromatic heterocycles. The molecule has 20 heavy (non-hydrogen) atoms. The minimum Gasteiger partial charge on any atom is -0.489 e. The third-order valence-electron chi connectivity index (χ3n) is 3.40. The molecule has 0 radical (unpaired) electrons. The molecule has 0 aliphatic rings.